The normalized spacial score (nSPS) is 16.3. The zero-order chi connectivity index (χ0) is 20.5. The number of nitrogens with zero attached hydrogens (tertiary/aromatic N) is 4. The van der Waals surface area contributed by atoms with Gasteiger partial charge in [0.1, 0.15) is 10.6 Å². The smallest absolute Gasteiger partial charge is 0.235 e. The molecule has 3 heterocycles. The number of quaternary nitrogens is 1. The van der Waals surface area contributed by atoms with Crippen molar-refractivity contribution in [2.45, 2.75) is 26.3 Å². The Labute approximate surface area is 173 Å². The maximum absolute atomic E-state index is 11.7. The lowest BCUT2D eigenvalue weighted by atomic mass is 10.0. The molecule has 9 heteroatoms. The minimum absolute atomic E-state index is 0.0854. The Morgan fingerprint density at radius 2 is 2.14 bits per heavy atom. The zero-order valence-corrected chi connectivity index (χ0v) is 17.7. The van der Waals surface area contributed by atoms with Crippen LogP contribution in [0.1, 0.15) is 36.2 Å². The summed E-state index contributed by atoms with van der Waals surface area (Å²) in [5.41, 5.74) is 1.06. The minimum Gasteiger partial charge on any atom is -0.497 e. The highest BCUT2D eigenvalue weighted by Gasteiger charge is 2.35. The van der Waals surface area contributed by atoms with Gasteiger partial charge in [0.15, 0.2) is 11.9 Å². The highest BCUT2D eigenvalue weighted by molar-refractivity contribution is 7.17. The lowest BCUT2D eigenvalue weighted by molar-refractivity contribution is -0.929. The standard InChI is InChI=1S/C20H25N5O3S/c1-4-16-21-20-25(22-16)19(27)18(29-20)17(14-6-5-7-15(12-14)28-3)24-10-8-23(9-11-24)13(2)26/h5-7,12,17,27H,4,8-11H2,1-3H3/p+1/t17-/m0/s1. The van der Waals surface area contributed by atoms with Gasteiger partial charge in [0.05, 0.1) is 33.3 Å². The Morgan fingerprint density at radius 3 is 2.76 bits per heavy atom. The number of carbonyl (C=O) groups excluding carboxylic acids is 1. The number of aryl methyl sites for hydroxylation is 1. The molecule has 1 amide bonds. The van der Waals surface area contributed by atoms with Gasteiger partial charge < -0.3 is 19.6 Å². The van der Waals surface area contributed by atoms with E-state index in [9.17, 15) is 9.90 Å². The lowest BCUT2D eigenvalue weighted by Crippen LogP contribution is -3.15. The van der Waals surface area contributed by atoms with Crippen molar-refractivity contribution in [3.8, 4) is 11.6 Å². The van der Waals surface area contributed by atoms with Gasteiger partial charge in [-0.25, -0.2) is 4.98 Å². The molecular formula is C20H26N5O3S+. The van der Waals surface area contributed by atoms with Crippen molar-refractivity contribution in [1.82, 2.24) is 19.5 Å². The van der Waals surface area contributed by atoms with Gasteiger partial charge in [0.25, 0.3) is 0 Å². The summed E-state index contributed by atoms with van der Waals surface area (Å²) in [5, 5.41) is 15.4. The summed E-state index contributed by atoms with van der Waals surface area (Å²) < 4.78 is 6.97. The van der Waals surface area contributed by atoms with E-state index in [0.29, 0.717) is 18.1 Å². The van der Waals surface area contributed by atoms with Crippen molar-refractivity contribution in [2.75, 3.05) is 33.3 Å². The van der Waals surface area contributed by atoms with Crippen molar-refractivity contribution in [1.29, 1.82) is 0 Å². The number of amides is 1. The third kappa shape index (κ3) is 3.67. The van der Waals surface area contributed by atoms with Gasteiger partial charge >= 0.3 is 0 Å². The number of ether oxygens (including phenoxy) is 1. The van der Waals surface area contributed by atoms with Crippen molar-refractivity contribution in [3.63, 3.8) is 0 Å². The number of hydrogen-bond acceptors (Lipinski definition) is 6. The van der Waals surface area contributed by atoms with Crippen LogP contribution in [0.3, 0.4) is 0 Å². The average Bonchev–Trinajstić information content (AvgIpc) is 3.28. The van der Waals surface area contributed by atoms with Crippen LogP contribution in [0.15, 0.2) is 24.3 Å². The Kier molecular flexibility index (Phi) is 5.42. The molecule has 3 aromatic rings. The molecule has 1 aliphatic rings. The molecule has 154 valence electrons. The van der Waals surface area contributed by atoms with Crippen LogP contribution in [-0.4, -0.2) is 63.8 Å². The molecule has 8 nitrogen and oxygen atoms in total. The first-order valence-corrected chi connectivity index (χ1v) is 10.6. The van der Waals surface area contributed by atoms with Crippen LogP contribution < -0.4 is 9.64 Å². The first-order valence-electron chi connectivity index (χ1n) is 9.83. The van der Waals surface area contributed by atoms with E-state index >= 15 is 0 Å². The Hall–Kier alpha value is -2.65. The Balaban J connectivity index is 1.75. The summed E-state index contributed by atoms with van der Waals surface area (Å²) >= 11 is 1.47. The molecule has 0 aliphatic carbocycles. The number of fused-ring (bicyclic) bond motifs is 1. The maximum atomic E-state index is 11.7. The van der Waals surface area contributed by atoms with E-state index in [1.54, 1.807) is 14.0 Å². The van der Waals surface area contributed by atoms with Gasteiger partial charge in [-0.3, -0.25) is 4.79 Å². The SMILES string of the molecule is CCc1nc2sc([C@H](c3cccc(OC)c3)[NH+]3CCN(C(C)=O)CC3)c(O)n2n1. The van der Waals surface area contributed by atoms with Crippen LogP contribution in [0.25, 0.3) is 4.96 Å². The van der Waals surface area contributed by atoms with E-state index in [4.69, 9.17) is 4.74 Å². The second-order valence-corrected chi connectivity index (χ2v) is 8.25. The van der Waals surface area contributed by atoms with E-state index in [1.165, 1.54) is 20.8 Å². The highest BCUT2D eigenvalue weighted by atomic mass is 32.1. The fraction of sp³-hybridized carbons (Fsp3) is 0.450. The predicted molar refractivity (Wildman–Crippen MR) is 110 cm³/mol. The third-order valence-corrected chi connectivity index (χ3v) is 6.59. The molecule has 0 spiro atoms. The monoisotopic (exact) mass is 416 g/mol. The summed E-state index contributed by atoms with van der Waals surface area (Å²) in [7, 11) is 1.65. The van der Waals surface area contributed by atoms with Gasteiger partial charge in [-0.1, -0.05) is 30.4 Å². The first kappa shape index (κ1) is 19.7. The quantitative estimate of drug-likeness (QED) is 0.646. The molecule has 29 heavy (non-hydrogen) atoms. The van der Waals surface area contributed by atoms with E-state index in [2.05, 4.69) is 16.1 Å². The van der Waals surface area contributed by atoms with Gasteiger partial charge in [0, 0.05) is 18.9 Å². The second kappa shape index (κ2) is 8.00. The number of hydrogen-bond donors (Lipinski definition) is 2. The molecule has 0 bridgehead atoms. The predicted octanol–water partition coefficient (Wildman–Crippen LogP) is 0.904. The molecule has 1 fully saturated rings. The number of carbonyl (C=O) groups is 1. The average molecular weight is 417 g/mol. The zero-order valence-electron chi connectivity index (χ0n) is 16.9. The van der Waals surface area contributed by atoms with E-state index < -0.39 is 0 Å². The molecular weight excluding hydrogens is 390 g/mol. The Morgan fingerprint density at radius 1 is 1.38 bits per heavy atom. The maximum Gasteiger partial charge on any atom is 0.235 e. The molecule has 1 saturated heterocycles. The summed E-state index contributed by atoms with van der Waals surface area (Å²) in [5.74, 6) is 1.75. The lowest BCUT2D eigenvalue weighted by Gasteiger charge is -2.36. The van der Waals surface area contributed by atoms with Gasteiger partial charge in [-0.2, -0.15) is 4.52 Å². The highest BCUT2D eigenvalue weighted by Crippen LogP contribution is 2.36. The minimum atomic E-state index is -0.0854. The number of aromatic hydroxyl groups is 1. The van der Waals surface area contributed by atoms with Crippen LogP contribution >= 0.6 is 11.3 Å². The van der Waals surface area contributed by atoms with Gasteiger partial charge in [-0.15, -0.1) is 5.10 Å². The fourth-order valence-electron chi connectivity index (χ4n) is 3.92. The number of benzene rings is 1. The number of nitrogens with one attached hydrogen (secondary N) is 1. The molecule has 2 N–H and O–H groups in total. The van der Waals surface area contributed by atoms with Crippen LogP contribution in [0.4, 0.5) is 0 Å². The summed E-state index contributed by atoms with van der Waals surface area (Å²) in [6, 6.07) is 7.87. The summed E-state index contributed by atoms with van der Waals surface area (Å²) in [6.45, 7) is 6.61. The second-order valence-electron chi connectivity index (χ2n) is 7.24. The molecule has 4 rings (SSSR count). The number of thiazole rings is 1. The molecule has 2 aromatic heterocycles. The van der Waals surface area contributed by atoms with Crippen molar-refractivity contribution in [3.05, 3.63) is 40.5 Å². The molecule has 1 atom stereocenters. The van der Waals surface area contributed by atoms with E-state index in [1.807, 2.05) is 30.0 Å². The van der Waals surface area contributed by atoms with Crippen LogP contribution in [0.5, 0.6) is 11.6 Å². The van der Waals surface area contributed by atoms with Crippen LogP contribution in [0, 0.1) is 0 Å². The molecule has 0 saturated carbocycles. The van der Waals surface area contributed by atoms with E-state index in [0.717, 1.165) is 41.5 Å². The van der Waals surface area contributed by atoms with Crippen molar-refractivity contribution < 1.29 is 19.5 Å². The van der Waals surface area contributed by atoms with Crippen LogP contribution in [0.2, 0.25) is 0 Å². The van der Waals surface area contributed by atoms with E-state index in [-0.39, 0.29) is 17.8 Å². The van der Waals surface area contributed by atoms with Gasteiger partial charge in [0.2, 0.25) is 16.7 Å². The molecule has 0 unspecified atom stereocenters. The number of rotatable bonds is 5. The van der Waals surface area contributed by atoms with Gasteiger partial charge in [-0.05, 0) is 12.1 Å². The van der Waals surface area contributed by atoms with Crippen molar-refractivity contribution in [2.24, 2.45) is 0 Å². The largest absolute Gasteiger partial charge is 0.497 e. The number of piperazine rings is 1. The summed E-state index contributed by atoms with van der Waals surface area (Å²) in [4.78, 5) is 21.0. The van der Waals surface area contributed by atoms with Crippen molar-refractivity contribution >= 4 is 22.2 Å². The molecule has 1 aliphatic heterocycles. The fourth-order valence-corrected chi connectivity index (χ4v) is 5.08. The van der Waals surface area contributed by atoms with Crippen LogP contribution in [-0.2, 0) is 11.2 Å². The molecule has 1 aromatic carbocycles. The number of aromatic nitrogens is 3. The topological polar surface area (TPSA) is 84.4 Å². The first-order chi connectivity index (χ1) is 14.0. The number of methoxy groups -OCH3 is 1. The Bertz CT molecular complexity index is 1020. The summed E-state index contributed by atoms with van der Waals surface area (Å²) in [6.07, 6.45) is 0.723. The molecule has 0 radical (unpaired) electrons. The third-order valence-electron chi connectivity index (χ3n) is 5.51.